The van der Waals surface area contributed by atoms with Gasteiger partial charge in [-0.15, -0.1) is 11.3 Å². The van der Waals surface area contributed by atoms with Crippen molar-refractivity contribution in [3.8, 4) is 0 Å². The topological polar surface area (TPSA) is 42.0 Å². The number of hydrogen-bond acceptors (Lipinski definition) is 3. The van der Waals surface area contributed by atoms with Crippen molar-refractivity contribution in [2.24, 2.45) is 0 Å². The number of nitrogens with zero attached hydrogens (tertiary/aromatic N) is 1. The number of hydrogen-bond donors (Lipinski definition) is 1. The third-order valence-corrected chi connectivity index (χ3v) is 4.20. The van der Waals surface area contributed by atoms with E-state index in [1.807, 2.05) is 36.4 Å². The highest BCUT2D eigenvalue weighted by atomic mass is 79.9. The average Bonchev–Trinajstić information content (AvgIpc) is 2.85. The lowest BCUT2D eigenvalue weighted by molar-refractivity contribution is 0.103. The molecule has 1 aromatic carbocycles. The molecule has 0 saturated heterocycles. The van der Waals surface area contributed by atoms with Gasteiger partial charge < -0.3 is 5.32 Å². The molecular formula is C14H9BrN2OS. The fraction of sp³-hybridized carbons (Fsp3) is 0. The van der Waals surface area contributed by atoms with Crippen LogP contribution in [0.25, 0.3) is 10.1 Å². The summed E-state index contributed by atoms with van der Waals surface area (Å²) in [6.07, 6.45) is 1.65. The lowest BCUT2D eigenvalue weighted by Crippen LogP contribution is -2.10. The summed E-state index contributed by atoms with van der Waals surface area (Å²) >= 11 is 4.79. The third-order valence-electron chi connectivity index (χ3n) is 2.62. The standard InChI is InChI=1S/C14H9BrN2OS/c15-10-5-6-13(16-8-10)17-14(18)12-7-9-3-1-2-4-11(9)19-12/h1-8H,(H,16,17,18). The smallest absolute Gasteiger partial charge is 0.266 e. The molecule has 2 aromatic heterocycles. The van der Waals surface area contributed by atoms with E-state index in [-0.39, 0.29) is 5.91 Å². The van der Waals surface area contributed by atoms with Crippen LogP contribution >= 0.6 is 27.3 Å². The lowest BCUT2D eigenvalue weighted by atomic mass is 10.2. The minimum absolute atomic E-state index is 0.129. The van der Waals surface area contributed by atoms with E-state index in [1.54, 1.807) is 12.3 Å². The fourth-order valence-corrected chi connectivity index (χ4v) is 2.91. The second-order valence-corrected chi connectivity index (χ2v) is 5.96. The number of carbonyl (C=O) groups is 1. The molecule has 3 rings (SSSR count). The van der Waals surface area contributed by atoms with Gasteiger partial charge in [0.15, 0.2) is 0 Å². The molecule has 3 aromatic rings. The van der Waals surface area contributed by atoms with Crippen LogP contribution in [-0.4, -0.2) is 10.9 Å². The van der Waals surface area contributed by atoms with Crippen LogP contribution in [0.4, 0.5) is 5.82 Å². The molecule has 0 aliphatic carbocycles. The maximum absolute atomic E-state index is 12.1. The average molecular weight is 333 g/mol. The van der Waals surface area contributed by atoms with Crippen molar-refractivity contribution in [2.75, 3.05) is 5.32 Å². The predicted octanol–water partition coefficient (Wildman–Crippen LogP) is 4.31. The number of pyridine rings is 1. The van der Waals surface area contributed by atoms with E-state index in [9.17, 15) is 4.79 Å². The van der Waals surface area contributed by atoms with Gasteiger partial charge in [0.05, 0.1) is 4.88 Å². The van der Waals surface area contributed by atoms with Crippen LogP contribution in [0.3, 0.4) is 0 Å². The van der Waals surface area contributed by atoms with Crippen molar-refractivity contribution in [1.82, 2.24) is 4.98 Å². The zero-order valence-electron chi connectivity index (χ0n) is 9.76. The maximum Gasteiger partial charge on any atom is 0.266 e. The highest BCUT2D eigenvalue weighted by Crippen LogP contribution is 2.25. The van der Waals surface area contributed by atoms with Gasteiger partial charge in [-0.25, -0.2) is 4.98 Å². The Labute approximate surface area is 122 Å². The van der Waals surface area contributed by atoms with E-state index < -0.39 is 0 Å². The SMILES string of the molecule is O=C(Nc1ccc(Br)cn1)c1cc2ccccc2s1. The Morgan fingerprint density at radius 1 is 1.21 bits per heavy atom. The molecule has 0 atom stereocenters. The molecule has 3 nitrogen and oxygen atoms in total. The monoisotopic (exact) mass is 332 g/mol. The van der Waals surface area contributed by atoms with E-state index in [2.05, 4.69) is 26.2 Å². The van der Waals surface area contributed by atoms with Crippen LogP contribution in [0.1, 0.15) is 9.67 Å². The molecule has 0 aliphatic rings. The molecule has 1 N–H and O–H groups in total. The number of anilines is 1. The second-order valence-electron chi connectivity index (χ2n) is 3.96. The summed E-state index contributed by atoms with van der Waals surface area (Å²) in [4.78, 5) is 16.9. The Morgan fingerprint density at radius 2 is 2.05 bits per heavy atom. The quantitative estimate of drug-likeness (QED) is 0.759. The van der Waals surface area contributed by atoms with Gasteiger partial charge in [-0.05, 0) is 45.6 Å². The zero-order chi connectivity index (χ0) is 13.2. The molecule has 0 radical (unpaired) electrons. The molecule has 0 saturated carbocycles. The van der Waals surface area contributed by atoms with Crippen LogP contribution in [0.2, 0.25) is 0 Å². The first-order valence-corrected chi connectivity index (χ1v) is 7.25. The number of amides is 1. The number of fused-ring (bicyclic) bond motifs is 1. The Balaban J connectivity index is 1.85. The molecular weight excluding hydrogens is 324 g/mol. The molecule has 0 fully saturated rings. The number of rotatable bonds is 2. The number of carbonyl (C=O) groups excluding carboxylic acids is 1. The van der Waals surface area contributed by atoms with Gasteiger partial charge in [-0.1, -0.05) is 18.2 Å². The van der Waals surface area contributed by atoms with E-state index >= 15 is 0 Å². The first kappa shape index (κ1) is 12.3. The van der Waals surface area contributed by atoms with Crippen molar-refractivity contribution < 1.29 is 4.79 Å². The van der Waals surface area contributed by atoms with Crippen molar-refractivity contribution in [1.29, 1.82) is 0 Å². The predicted molar refractivity (Wildman–Crippen MR) is 81.7 cm³/mol. The molecule has 5 heteroatoms. The normalized spacial score (nSPS) is 10.6. The highest BCUT2D eigenvalue weighted by Gasteiger charge is 2.10. The Morgan fingerprint density at radius 3 is 2.79 bits per heavy atom. The van der Waals surface area contributed by atoms with Crippen LogP contribution in [0.5, 0.6) is 0 Å². The largest absolute Gasteiger partial charge is 0.306 e. The molecule has 0 aliphatic heterocycles. The van der Waals surface area contributed by atoms with E-state index in [0.717, 1.165) is 14.6 Å². The summed E-state index contributed by atoms with van der Waals surface area (Å²) in [5.41, 5.74) is 0. The minimum Gasteiger partial charge on any atom is -0.306 e. The van der Waals surface area contributed by atoms with Gasteiger partial charge in [0.25, 0.3) is 5.91 Å². The summed E-state index contributed by atoms with van der Waals surface area (Å²) < 4.78 is 1.99. The summed E-state index contributed by atoms with van der Waals surface area (Å²) in [7, 11) is 0. The first-order valence-electron chi connectivity index (χ1n) is 5.64. The fourth-order valence-electron chi connectivity index (χ4n) is 1.72. The summed E-state index contributed by atoms with van der Waals surface area (Å²) in [6.45, 7) is 0. The van der Waals surface area contributed by atoms with Gasteiger partial charge in [0, 0.05) is 15.4 Å². The summed E-state index contributed by atoms with van der Waals surface area (Å²) in [5, 5.41) is 3.87. The van der Waals surface area contributed by atoms with Crippen LogP contribution in [0.15, 0.2) is 53.1 Å². The van der Waals surface area contributed by atoms with Gasteiger partial charge in [0.1, 0.15) is 5.82 Å². The van der Waals surface area contributed by atoms with Crippen molar-refractivity contribution in [2.45, 2.75) is 0 Å². The molecule has 2 heterocycles. The first-order chi connectivity index (χ1) is 9.22. The number of nitrogens with one attached hydrogen (secondary N) is 1. The number of benzene rings is 1. The van der Waals surface area contributed by atoms with E-state index in [4.69, 9.17) is 0 Å². The van der Waals surface area contributed by atoms with Crippen molar-refractivity contribution >= 4 is 49.1 Å². The number of aromatic nitrogens is 1. The number of halogens is 1. The summed E-state index contributed by atoms with van der Waals surface area (Å²) in [6, 6.07) is 13.4. The summed E-state index contributed by atoms with van der Waals surface area (Å²) in [5.74, 6) is 0.418. The van der Waals surface area contributed by atoms with Gasteiger partial charge >= 0.3 is 0 Å². The van der Waals surface area contributed by atoms with Crippen LogP contribution < -0.4 is 5.32 Å². The molecule has 1 amide bonds. The lowest BCUT2D eigenvalue weighted by Gasteiger charge is -2.01. The number of thiophene rings is 1. The molecule has 19 heavy (non-hydrogen) atoms. The molecule has 0 unspecified atom stereocenters. The third kappa shape index (κ3) is 2.67. The zero-order valence-corrected chi connectivity index (χ0v) is 12.2. The maximum atomic E-state index is 12.1. The molecule has 0 spiro atoms. The Bertz CT molecular complexity index is 704. The molecule has 94 valence electrons. The Hall–Kier alpha value is -1.72. The molecule has 0 bridgehead atoms. The second kappa shape index (κ2) is 5.11. The highest BCUT2D eigenvalue weighted by molar-refractivity contribution is 9.10. The minimum atomic E-state index is -0.129. The van der Waals surface area contributed by atoms with Crippen molar-refractivity contribution in [3.63, 3.8) is 0 Å². The van der Waals surface area contributed by atoms with Crippen LogP contribution in [0, 0.1) is 0 Å². The Kier molecular flexibility index (Phi) is 3.31. The van der Waals surface area contributed by atoms with Crippen LogP contribution in [-0.2, 0) is 0 Å². The van der Waals surface area contributed by atoms with Crippen molar-refractivity contribution in [3.05, 3.63) is 58.0 Å². The van der Waals surface area contributed by atoms with E-state index in [0.29, 0.717) is 10.7 Å². The van der Waals surface area contributed by atoms with E-state index in [1.165, 1.54) is 11.3 Å². The van der Waals surface area contributed by atoms with Gasteiger partial charge in [-0.3, -0.25) is 4.79 Å². The van der Waals surface area contributed by atoms with Gasteiger partial charge in [0.2, 0.25) is 0 Å². The van der Waals surface area contributed by atoms with Gasteiger partial charge in [-0.2, -0.15) is 0 Å².